The first-order valence-corrected chi connectivity index (χ1v) is 8.00. The molecule has 1 aliphatic carbocycles. The molecule has 0 amide bonds. The van der Waals surface area contributed by atoms with Crippen LogP contribution in [0.3, 0.4) is 0 Å². The molecule has 3 rings (SSSR count). The van der Waals surface area contributed by atoms with E-state index in [2.05, 4.69) is 0 Å². The summed E-state index contributed by atoms with van der Waals surface area (Å²) in [4.78, 5) is 10.5. The second-order valence-electron chi connectivity index (χ2n) is 5.81. The summed E-state index contributed by atoms with van der Waals surface area (Å²) in [6.45, 7) is 2.48. The predicted molar refractivity (Wildman–Crippen MR) is 94.8 cm³/mol. The highest BCUT2D eigenvalue weighted by atomic mass is 16.5. The topological polar surface area (TPSA) is 54.0 Å². The second-order valence-corrected chi connectivity index (χ2v) is 5.81. The minimum Gasteiger partial charge on any atom is -0.493 e. The van der Waals surface area contributed by atoms with Crippen LogP contribution in [0.1, 0.15) is 13.3 Å². The Morgan fingerprint density at radius 3 is 2.48 bits per heavy atom. The molecule has 0 fully saturated rings. The van der Waals surface area contributed by atoms with Gasteiger partial charge in [-0.15, -0.1) is 0 Å². The van der Waals surface area contributed by atoms with Crippen LogP contribution in [0.25, 0.3) is 10.8 Å². The van der Waals surface area contributed by atoms with Crippen molar-refractivity contribution in [3.8, 4) is 17.2 Å². The van der Waals surface area contributed by atoms with Crippen LogP contribution in [0.4, 0.5) is 0 Å². The van der Waals surface area contributed by atoms with Gasteiger partial charge >= 0.3 is 0 Å². The second kappa shape index (κ2) is 7.30. The van der Waals surface area contributed by atoms with E-state index in [-0.39, 0.29) is 5.92 Å². The van der Waals surface area contributed by atoms with Gasteiger partial charge in [0.2, 0.25) is 0 Å². The van der Waals surface area contributed by atoms with Crippen molar-refractivity contribution >= 4 is 17.2 Å². The van der Waals surface area contributed by atoms with Crippen molar-refractivity contribution in [3.05, 3.63) is 54.0 Å². The van der Waals surface area contributed by atoms with Gasteiger partial charge in [0, 0.05) is 17.7 Å². The van der Waals surface area contributed by atoms with Crippen LogP contribution in [0, 0.1) is 5.92 Å². The zero-order chi connectivity index (χ0) is 17.8. The van der Waals surface area contributed by atoms with Crippen LogP contribution in [0.5, 0.6) is 17.2 Å². The summed E-state index contributed by atoms with van der Waals surface area (Å²) < 4.78 is 21.8. The maximum atomic E-state index is 10.5. The monoisotopic (exact) mass is 340 g/mol. The summed E-state index contributed by atoms with van der Waals surface area (Å²) in [5, 5.41) is 1.94. The summed E-state index contributed by atoms with van der Waals surface area (Å²) in [5.74, 6) is 3.63. The fraction of sp³-hybridized carbons (Fsp3) is 0.250. The van der Waals surface area contributed by atoms with Crippen molar-refractivity contribution in [2.45, 2.75) is 13.3 Å². The third-order valence-corrected chi connectivity index (χ3v) is 4.20. The molecule has 0 aromatic heterocycles. The molecule has 0 radical (unpaired) electrons. The minimum atomic E-state index is 0.107. The van der Waals surface area contributed by atoms with Crippen molar-refractivity contribution in [1.82, 2.24) is 0 Å². The van der Waals surface area contributed by atoms with Gasteiger partial charge in [0.1, 0.15) is 17.3 Å². The normalized spacial score (nSPS) is 16.7. The lowest BCUT2D eigenvalue weighted by molar-refractivity contribution is -0.125. The van der Waals surface area contributed by atoms with Crippen molar-refractivity contribution in [3.63, 3.8) is 0 Å². The van der Waals surface area contributed by atoms with E-state index in [0.717, 1.165) is 22.3 Å². The quantitative estimate of drug-likeness (QED) is 0.737. The Bertz CT molecular complexity index is 851. The Hall–Kier alpha value is -2.95. The molecule has 0 bridgehead atoms. The number of carbonyl (C=O) groups excluding carboxylic acids is 1. The molecule has 0 heterocycles. The number of rotatable bonds is 6. The molecule has 1 atom stereocenters. The van der Waals surface area contributed by atoms with Crippen molar-refractivity contribution < 1.29 is 23.7 Å². The fourth-order valence-corrected chi connectivity index (χ4v) is 2.88. The average molecular weight is 340 g/mol. The number of hydrogen-bond donors (Lipinski definition) is 0. The van der Waals surface area contributed by atoms with Gasteiger partial charge in [-0.25, -0.2) is 0 Å². The summed E-state index contributed by atoms with van der Waals surface area (Å²) in [6.07, 6.45) is 4.22. The molecule has 1 unspecified atom stereocenters. The fourth-order valence-electron chi connectivity index (χ4n) is 2.88. The lowest BCUT2D eigenvalue weighted by atomic mass is 9.99. The summed E-state index contributed by atoms with van der Waals surface area (Å²) in [7, 11) is 3.22. The highest BCUT2D eigenvalue weighted by molar-refractivity contribution is 5.91. The molecule has 0 aliphatic heterocycles. The average Bonchev–Trinajstić information content (AvgIpc) is 2.63. The van der Waals surface area contributed by atoms with E-state index in [1.54, 1.807) is 20.3 Å². The first-order chi connectivity index (χ1) is 12.2. The molecule has 5 nitrogen and oxygen atoms in total. The smallest absolute Gasteiger partial charge is 0.298 e. The van der Waals surface area contributed by atoms with Crippen LogP contribution in [0.2, 0.25) is 0 Å². The number of allylic oxidation sites excluding steroid dienone is 4. The van der Waals surface area contributed by atoms with Gasteiger partial charge in [0.05, 0.1) is 14.2 Å². The third-order valence-electron chi connectivity index (χ3n) is 4.20. The number of methoxy groups -OCH3 is 2. The summed E-state index contributed by atoms with van der Waals surface area (Å²) in [5.41, 5.74) is 0. The molecule has 1 aliphatic rings. The SMILES string of the molecule is COc1cc2cccc(OC3=CC=C(OC=O)CC3C)c2cc1OC. The highest BCUT2D eigenvalue weighted by Crippen LogP contribution is 2.38. The highest BCUT2D eigenvalue weighted by Gasteiger charge is 2.19. The van der Waals surface area contributed by atoms with Crippen molar-refractivity contribution in [1.29, 1.82) is 0 Å². The maximum Gasteiger partial charge on any atom is 0.298 e. The molecule has 2 aromatic rings. The van der Waals surface area contributed by atoms with E-state index < -0.39 is 0 Å². The first-order valence-electron chi connectivity index (χ1n) is 8.00. The molecule has 2 aromatic carbocycles. The van der Waals surface area contributed by atoms with Crippen LogP contribution < -0.4 is 14.2 Å². The minimum absolute atomic E-state index is 0.107. The number of benzene rings is 2. The summed E-state index contributed by atoms with van der Waals surface area (Å²) in [6, 6.07) is 9.69. The molecule has 5 heteroatoms. The zero-order valence-electron chi connectivity index (χ0n) is 14.4. The van der Waals surface area contributed by atoms with Gasteiger partial charge in [-0.1, -0.05) is 19.1 Å². The standard InChI is InChI=1S/C20H20O5/c1-13-9-15(24-12-21)7-8-17(13)25-18-6-4-5-14-10-19(22-2)20(23-3)11-16(14)18/h4-8,10-13H,9H2,1-3H3. The molecular formula is C20H20O5. The Morgan fingerprint density at radius 2 is 1.80 bits per heavy atom. The Kier molecular flexibility index (Phi) is 4.93. The van der Waals surface area contributed by atoms with Crippen LogP contribution in [-0.4, -0.2) is 20.7 Å². The predicted octanol–water partition coefficient (Wildman–Crippen LogP) is 4.22. The number of ether oxygens (including phenoxy) is 4. The molecule has 0 spiro atoms. The van der Waals surface area contributed by atoms with Gasteiger partial charge in [0.15, 0.2) is 11.5 Å². The van der Waals surface area contributed by atoms with Gasteiger partial charge < -0.3 is 18.9 Å². The van der Waals surface area contributed by atoms with E-state index in [1.807, 2.05) is 43.3 Å². The van der Waals surface area contributed by atoms with Gasteiger partial charge in [-0.2, -0.15) is 0 Å². The first kappa shape index (κ1) is 16.9. The van der Waals surface area contributed by atoms with E-state index in [9.17, 15) is 4.79 Å². The van der Waals surface area contributed by atoms with Gasteiger partial charge in [-0.05, 0) is 35.7 Å². The maximum absolute atomic E-state index is 10.5. The van der Waals surface area contributed by atoms with Crippen molar-refractivity contribution in [2.75, 3.05) is 14.2 Å². The largest absolute Gasteiger partial charge is 0.493 e. The van der Waals surface area contributed by atoms with E-state index >= 15 is 0 Å². The van der Waals surface area contributed by atoms with Gasteiger partial charge in [-0.3, -0.25) is 4.79 Å². The molecule has 130 valence electrons. The van der Waals surface area contributed by atoms with Crippen LogP contribution >= 0.6 is 0 Å². The molecular weight excluding hydrogens is 320 g/mol. The molecule has 0 N–H and O–H groups in total. The van der Waals surface area contributed by atoms with Gasteiger partial charge in [0.25, 0.3) is 6.47 Å². The Labute approximate surface area is 146 Å². The van der Waals surface area contributed by atoms with Crippen LogP contribution in [0.15, 0.2) is 54.0 Å². The Balaban J connectivity index is 1.98. The molecule has 0 saturated carbocycles. The van der Waals surface area contributed by atoms with E-state index in [0.29, 0.717) is 30.2 Å². The molecule has 25 heavy (non-hydrogen) atoms. The Morgan fingerprint density at radius 1 is 1.04 bits per heavy atom. The lowest BCUT2D eigenvalue weighted by Gasteiger charge is -2.21. The van der Waals surface area contributed by atoms with E-state index in [1.165, 1.54) is 0 Å². The van der Waals surface area contributed by atoms with Crippen molar-refractivity contribution in [2.24, 2.45) is 5.92 Å². The van der Waals surface area contributed by atoms with E-state index in [4.69, 9.17) is 18.9 Å². The number of hydrogen-bond acceptors (Lipinski definition) is 5. The number of fused-ring (bicyclic) bond motifs is 1. The lowest BCUT2D eigenvalue weighted by Crippen LogP contribution is -2.12. The number of carbonyl (C=O) groups is 1. The third kappa shape index (κ3) is 3.45. The zero-order valence-corrected chi connectivity index (χ0v) is 14.4. The summed E-state index contributed by atoms with van der Waals surface area (Å²) >= 11 is 0. The molecule has 0 saturated heterocycles. The van der Waals surface area contributed by atoms with Crippen LogP contribution in [-0.2, 0) is 9.53 Å².